The molecule has 2 fully saturated rings. The summed E-state index contributed by atoms with van der Waals surface area (Å²) >= 11 is 0. The third-order valence-corrected chi connectivity index (χ3v) is 5.31. The Morgan fingerprint density at radius 3 is 2.29 bits per heavy atom. The largest absolute Gasteiger partial charge is 0.467 e. The molecule has 0 spiro atoms. The number of esters is 1. The van der Waals surface area contributed by atoms with E-state index in [1.807, 2.05) is 30.3 Å². The van der Waals surface area contributed by atoms with Crippen LogP contribution in [0.4, 0.5) is 9.59 Å². The first-order valence-corrected chi connectivity index (χ1v) is 10.3. The first kappa shape index (κ1) is 22.9. The Hall–Kier alpha value is -2.81. The maximum atomic E-state index is 12.9. The van der Waals surface area contributed by atoms with Crippen molar-refractivity contribution < 1.29 is 33.3 Å². The molecule has 1 N–H and O–H groups in total. The van der Waals surface area contributed by atoms with Crippen LogP contribution in [-0.2, 0) is 30.3 Å². The number of morpholine rings is 1. The first-order chi connectivity index (χ1) is 14.6. The molecule has 2 saturated heterocycles. The number of benzene rings is 1. The van der Waals surface area contributed by atoms with Crippen LogP contribution in [0.15, 0.2) is 30.3 Å². The van der Waals surface area contributed by atoms with Gasteiger partial charge in [-0.3, -0.25) is 4.90 Å². The standard InChI is InChI=1S/C22H30N2O7/c1-21(2,3)31-19(26)23-22(18(25)28-4)10-16-13-29-14-17(11-22)24(16)20(27)30-12-15-8-6-5-7-9-15/h5-9,16-17H,10-14H2,1-4H3,(H,23,26). The average molecular weight is 434 g/mol. The predicted molar refractivity (Wildman–Crippen MR) is 110 cm³/mol. The molecule has 9 heteroatoms. The minimum atomic E-state index is -1.31. The summed E-state index contributed by atoms with van der Waals surface area (Å²) in [5.41, 5.74) is -1.15. The van der Waals surface area contributed by atoms with Gasteiger partial charge in [0.2, 0.25) is 0 Å². The van der Waals surface area contributed by atoms with Gasteiger partial charge in [0.1, 0.15) is 17.7 Å². The minimum absolute atomic E-state index is 0.135. The van der Waals surface area contributed by atoms with E-state index in [1.165, 1.54) is 7.11 Å². The van der Waals surface area contributed by atoms with E-state index in [-0.39, 0.29) is 32.7 Å². The van der Waals surface area contributed by atoms with Gasteiger partial charge in [-0.15, -0.1) is 0 Å². The normalized spacial score (nSPS) is 25.4. The van der Waals surface area contributed by atoms with Crippen molar-refractivity contribution in [3.8, 4) is 0 Å². The Morgan fingerprint density at radius 1 is 1.13 bits per heavy atom. The Bertz CT molecular complexity index is 792. The second kappa shape index (κ2) is 9.13. The number of methoxy groups -OCH3 is 1. The fourth-order valence-corrected chi connectivity index (χ4v) is 4.11. The summed E-state index contributed by atoms with van der Waals surface area (Å²) in [4.78, 5) is 39.7. The number of piperidine rings is 1. The lowest BCUT2D eigenvalue weighted by atomic mass is 9.78. The second-order valence-corrected chi connectivity index (χ2v) is 8.90. The van der Waals surface area contributed by atoms with Crippen molar-refractivity contribution in [2.45, 2.75) is 63.4 Å². The summed E-state index contributed by atoms with van der Waals surface area (Å²) < 4.78 is 21.5. The molecular weight excluding hydrogens is 404 g/mol. The number of ether oxygens (including phenoxy) is 4. The second-order valence-electron chi connectivity index (χ2n) is 8.90. The third-order valence-electron chi connectivity index (χ3n) is 5.31. The van der Waals surface area contributed by atoms with E-state index in [0.717, 1.165) is 5.56 Å². The van der Waals surface area contributed by atoms with Gasteiger partial charge >= 0.3 is 18.2 Å². The molecule has 2 aliphatic rings. The van der Waals surface area contributed by atoms with Crippen LogP contribution >= 0.6 is 0 Å². The highest BCUT2D eigenvalue weighted by Crippen LogP contribution is 2.36. The first-order valence-electron chi connectivity index (χ1n) is 10.3. The molecule has 0 saturated carbocycles. The van der Waals surface area contributed by atoms with Gasteiger partial charge in [0.15, 0.2) is 0 Å². The van der Waals surface area contributed by atoms with E-state index in [1.54, 1.807) is 25.7 Å². The molecule has 2 aliphatic heterocycles. The number of alkyl carbamates (subject to hydrolysis) is 1. The minimum Gasteiger partial charge on any atom is -0.467 e. The summed E-state index contributed by atoms with van der Waals surface area (Å²) in [6.07, 6.45) is -0.916. The predicted octanol–water partition coefficient (Wildman–Crippen LogP) is 2.62. The van der Waals surface area contributed by atoms with Crippen molar-refractivity contribution >= 4 is 18.2 Å². The molecule has 2 heterocycles. The lowest BCUT2D eigenvalue weighted by molar-refractivity contribution is -0.158. The van der Waals surface area contributed by atoms with Crippen LogP contribution in [-0.4, -0.2) is 66.6 Å². The number of nitrogens with zero attached hydrogens (tertiary/aromatic N) is 1. The maximum Gasteiger partial charge on any atom is 0.410 e. The Balaban J connectivity index is 1.74. The molecule has 0 aliphatic carbocycles. The van der Waals surface area contributed by atoms with Gasteiger partial charge in [-0.1, -0.05) is 30.3 Å². The van der Waals surface area contributed by atoms with Gasteiger partial charge < -0.3 is 24.3 Å². The van der Waals surface area contributed by atoms with Crippen LogP contribution < -0.4 is 5.32 Å². The highest BCUT2D eigenvalue weighted by atomic mass is 16.6. The van der Waals surface area contributed by atoms with Gasteiger partial charge in [-0.05, 0) is 26.3 Å². The van der Waals surface area contributed by atoms with E-state index >= 15 is 0 Å². The molecule has 2 unspecified atom stereocenters. The molecule has 0 aromatic heterocycles. The maximum absolute atomic E-state index is 12.9. The number of rotatable bonds is 4. The fraction of sp³-hybridized carbons (Fsp3) is 0.591. The highest BCUT2D eigenvalue weighted by Gasteiger charge is 2.55. The number of nitrogens with one attached hydrogen (secondary N) is 1. The number of fused-ring (bicyclic) bond motifs is 2. The van der Waals surface area contributed by atoms with Crippen LogP contribution in [0.1, 0.15) is 39.2 Å². The van der Waals surface area contributed by atoms with Crippen LogP contribution in [0.5, 0.6) is 0 Å². The number of hydrogen-bond acceptors (Lipinski definition) is 7. The Labute approximate surface area is 182 Å². The lowest BCUT2D eigenvalue weighted by Gasteiger charge is -2.51. The van der Waals surface area contributed by atoms with Crippen LogP contribution in [0, 0.1) is 0 Å². The van der Waals surface area contributed by atoms with Crippen LogP contribution in [0.25, 0.3) is 0 Å². The Morgan fingerprint density at radius 2 is 1.74 bits per heavy atom. The van der Waals surface area contributed by atoms with Crippen LogP contribution in [0.3, 0.4) is 0 Å². The van der Waals surface area contributed by atoms with E-state index in [9.17, 15) is 14.4 Å². The van der Waals surface area contributed by atoms with E-state index in [2.05, 4.69) is 5.32 Å². The van der Waals surface area contributed by atoms with Gasteiger partial charge in [0.05, 0.1) is 32.4 Å². The molecule has 2 bridgehead atoms. The molecule has 2 atom stereocenters. The zero-order valence-corrected chi connectivity index (χ0v) is 18.4. The van der Waals surface area contributed by atoms with Crippen molar-refractivity contribution in [1.82, 2.24) is 10.2 Å². The van der Waals surface area contributed by atoms with Crippen molar-refractivity contribution in [3.63, 3.8) is 0 Å². The molecular formula is C22H30N2O7. The van der Waals surface area contributed by atoms with Gasteiger partial charge in [-0.2, -0.15) is 0 Å². The molecule has 2 amide bonds. The number of amides is 2. The van der Waals surface area contributed by atoms with E-state index in [4.69, 9.17) is 18.9 Å². The molecule has 170 valence electrons. The monoisotopic (exact) mass is 434 g/mol. The zero-order valence-electron chi connectivity index (χ0n) is 18.4. The quantitative estimate of drug-likeness (QED) is 0.574. The summed E-state index contributed by atoms with van der Waals surface area (Å²) in [5, 5.41) is 2.72. The van der Waals surface area contributed by atoms with Crippen LogP contribution in [0.2, 0.25) is 0 Å². The van der Waals surface area contributed by atoms with Crippen molar-refractivity contribution in [3.05, 3.63) is 35.9 Å². The topological polar surface area (TPSA) is 103 Å². The van der Waals surface area contributed by atoms with Gasteiger partial charge in [0.25, 0.3) is 0 Å². The summed E-state index contributed by atoms with van der Waals surface area (Å²) in [5.74, 6) is -0.576. The van der Waals surface area contributed by atoms with Crippen molar-refractivity contribution in [1.29, 1.82) is 0 Å². The Kier molecular flexibility index (Phi) is 6.74. The summed E-state index contributed by atoms with van der Waals surface area (Å²) in [7, 11) is 1.27. The van der Waals surface area contributed by atoms with Crippen molar-refractivity contribution in [2.75, 3.05) is 20.3 Å². The average Bonchev–Trinajstić information content (AvgIpc) is 2.70. The number of carbonyl (C=O) groups is 3. The molecule has 31 heavy (non-hydrogen) atoms. The van der Waals surface area contributed by atoms with Gasteiger partial charge in [-0.25, -0.2) is 14.4 Å². The van der Waals surface area contributed by atoms with E-state index in [0.29, 0.717) is 0 Å². The molecule has 9 nitrogen and oxygen atoms in total. The third kappa shape index (κ3) is 5.46. The zero-order chi connectivity index (χ0) is 22.6. The highest BCUT2D eigenvalue weighted by molar-refractivity contribution is 5.86. The molecule has 0 radical (unpaired) electrons. The van der Waals surface area contributed by atoms with E-state index < -0.39 is 41.4 Å². The van der Waals surface area contributed by atoms with Crippen molar-refractivity contribution in [2.24, 2.45) is 0 Å². The van der Waals surface area contributed by atoms with Gasteiger partial charge in [0, 0.05) is 12.8 Å². The lowest BCUT2D eigenvalue weighted by Crippen LogP contribution is -2.70. The number of hydrogen-bond donors (Lipinski definition) is 1. The molecule has 3 rings (SSSR count). The summed E-state index contributed by atoms with van der Waals surface area (Å²) in [6, 6.07) is 8.48. The fourth-order valence-electron chi connectivity index (χ4n) is 4.11. The SMILES string of the molecule is COC(=O)C1(NC(=O)OC(C)(C)C)CC2COCC(C1)N2C(=O)OCc1ccccc1. The summed E-state index contributed by atoms with van der Waals surface area (Å²) in [6.45, 7) is 5.83. The smallest absolute Gasteiger partial charge is 0.410 e. The number of carbonyl (C=O) groups excluding carboxylic acids is 3. The molecule has 1 aromatic rings. The molecule has 1 aromatic carbocycles.